The van der Waals surface area contributed by atoms with Crippen molar-refractivity contribution >= 4 is 0 Å². The van der Waals surface area contributed by atoms with Crippen molar-refractivity contribution in [2.75, 3.05) is 27.4 Å². The Bertz CT molecular complexity index is 162. The Hall–Kier alpha value is -0.160. The SMILES string of the molecule is CCO[C@H]1[C@@H](OC)[C@H](C)OC[C@H]1OC. The Labute approximate surface area is 85.5 Å². The van der Waals surface area contributed by atoms with Gasteiger partial charge >= 0.3 is 0 Å². The fourth-order valence-corrected chi connectivity index (χ4v) is 1.84. The van der Waals surface area contributed by atoms with Gasteiger partial charge in [-0.05, 0) is 13.8 Å². The van der Waals surface area contributed by atoms with E-state index in [1.54, 1.807) is 14.2 Å². The van der Waals surface area contributed by atoms with E-state index in [1.807, 2.05) is 13.8 Å². The van der Waals surface area contributed by atoms with E-state index in [9.17, 15) is 0 Å². The largest absolute Gasteiger partial charge is 0.376 e. The Morgan fingerprint density at radius 3 is 2.43 bits per heavy atom. The van der Waals surface area contributed by atoms with Crippen LogP contribution >= 0.6 is 0 Å². The van der Waals surface area contributed by atoms with Crippen LogP contribution in [0.15, 0.2) is 0 Å². The van der Waals surface area contributed by atoms with Crippen molar-refractivity contribution in [2.45, 2.75) is 38.3 Å². The van der Waals surface area contributed by atoms with Gasteiger partial charge in [0.15, 0.2) is 0 Å². The molecule has 1 aliphatic rings. The van der Waals surface area contributed by atoms with Crippen molar-refractivity contribution in [3.8, 4) is 0 Å². The molecular weight excluding hydrogens is 184 g/mol. The van der Waals surface area contributed by atoms with Gasteiger partial charge in [0.1, 0.15) is 18.3 Å². The molecule has 4 atom stereocenters. The zero-order chi connectivity index (χ0) is 10.6. The van der Waals surface area contributed by atoms with Gasteiger partial charge in [-0.15, -0.1) is 0 Å². The van der Waals surface area contributed by atoms with Crippen LogP contribution in [0.3, 0.4) is 0 Å². The molecule has 0 radical (unpaired) electrons. The van der Waals surface area contributed by atoms with E-state index in [1.165, 1.54) is 0 Å². The van der Waals surface area contributed by atoms with E-state index < -0.39 is 0 Å². The average Bonchev–Trinajstić information content (AvgIpc) is 2.19. The van der Waals surface area contributed by atoms with Crippen LogP contribution in [0.2, 0.25) is 0 Å². The van der Waals surface area contributed by atoms with Crippen molar-refractivity contribution in [3.63, 3.8) is 0 Å². The van der Waals surface area contributed by atoms with E-state index in [4.69, 9.17) is 18.9 Å². The predicted octanol–water partition coefficient (Wildman–Crippen LogP) is 0.840. The second-order valence-corrected chi connectivity index (χ2v) is 3.43. The molecule has 1 aliphatic heterocycles. The lowest BCUT2D eigenvalue weighted by Crippen LogP contribution is -2.54. The summed E-state index contributed by atoms with van der Waals surface area (Å²) in [6.45, 7) is 5.20. The van der Waals surface area contributed by atoms with Gasteiger partial charge in [0.25, 0.3) is 0 Å². The summed E-state index contributed by atoms with van der Waals surface area (Å²) in [5.41, 5.74) is 0. The van der Waals surface area contributed by atoms with Crippen LogP contribution in [-0.4, -0.2) is 51.8 Å². The second-order valence-electron chi connectivity index (χ2n) is 3.43. The molecule has 0 aromatic carbocycles. The third-order valence-corrected chi connectivity index (χ3v) is 2.61. The molecule has 0 bridgehead atoms. The number of hydrogen-bond donors (Lipinski definition) is 0. The van der Waals surface area contributed by atoms with Gasteiger partial charge in [-0.3, -0.25) is 0 Å². The smallest absolute Gasteiger partial charge is 0.114 e. The number of hydrogen-bond acceptors (Lipinski definition) is 4. The first-order valence-electron chi connectivity index (χ1n) is 5.03. The molecule has 0 spiro atoms. The molecule has 1 heterocycles. The quantitative estimate of drug-likeness (QED) is 0.680. The third kappa shape index (κ3) is 2.45. The topological polar surface area (TPSA) is 36.9 Å². The first-order chi connectivity index (χ1) is 6.74. The maximum Gasteiger partial charge on any atom is 0.114 e. The van der Waals surface area contributed by atoms with Crippen LogP contribution in [0.25, 0.3) is 0 Å². The minimum absolute atomic E-state index is 0.0289. The first-order valence-corrected chi connectivity index (χ1v) is 5.03. The minimum atomic E-state index is -0.0475. The van der Waals surface area contributed by atoms with E-state index in [2.05, 4.69) is 0 Å². The molecule has 1 saturated heterocycles. The van der Waals surface area contributed by atoms with E-state index in [-0.39, 0.29) is 24.4 Å². The summed E-state index contributed by atoms with van der Waals surface area (Å²) in [7, 11) is 3.34. The zero-order valence-electron chi connectivity index (χ0n) is 9.36. The average molecular weight is 204 g/mol. The van der Waals surface area contributed by atoms with Crippen LogP contribution in [0.4, 0.5) is 0 Å². The van der Waals surface area contributed by atoms with Gasteiger partial charge in [-0.2, -0.15) is 0 Å². The molecular formula is C10H20O4. The van der Waals surface area contributed by atoms with Crippen LogP contribution in [-0.2, 0) is 18.9 Å². The second kappa shape index (κ2) is 5.66. The Balaban J connectivity index is 2.64. The maximum atomic E-state index is 5.63. The molecule has 0 unspecified atom stereocenters. The van der Waals surface area contributed by atoms with Gasteiger partial charge in [0, 0.05) is 20.8 Å². The lowest BCUT2D eigenvalue weighted by Gasteiger charge is -2.39. The highest BCUT2D eigenvalue weighted by atomic mass is 16.6. The summed E-state index contributed by atoms with van der Waals surface area (Å²) < 4.78 is 21.8. The highest BCUT2D eigenvalue weighted by Gasteiger charge is 2.39. The molecule has 0 saturated carbocycles. The fourth-order valence-electron chi connectivity index (χ4n) is 1.84. The van der Waals surface area contributed by atoms with Crippen LogP contribution in [0.5, 0.6) is 0 Å². The molecule has 4 heteroatoms. The molecule has 1 fully saturated rings. The Kier molecular flexibility index (Phi) is 4.81. The van der Waals surface area contributed by atoms with Gasteiger partial charge in [0.05, 0.1) is 12.7 Å². The Morgan fingerprint density at radius 2 is 1.93 bits per heavy atom. The number of ether oxygens (including phenoxy) is 4. The van der Waals surface area contributed by atoms with Gasteiger partial charge in [-0.25, -0.2) is 0 Å². The number of methoxy groups -OCH3 is 2. The molecule has 84 valence electrons. The summed E-state index contributed by atoms with van der Waals surface area (Å²) in [4.78, 5) is 0. The van der Waals surface area contributed by atoms with Crippen LogP contribution < -0.4 is 0 Å². The van der Waals surface area contributed by atoms with Gasteiger partial charge in [0.2, 0.25) is 0 Å². The first kappa shape index (κ1) is 11.9. The van der Waals surface area contributed by atoms with Crippen molar-refractivity contribution in [2.24, 2.45) is 0 Å². The molecule has 0 N–H and O–H groups in total. The van der Waals surface area contributed by atoms with E-state index in [0.717, 1.165) is 0 Å². The minimum Gasteiger partial charge on any atom is -0.376 e. The van der Waals surface area contributed by atoms with Crippen molar-refractivity contribution in [1.29, 1.82) is 0 Å². The molecule has 0 amide bonds. The highest BCUT2D eigenvalue weighted by Crippen LogP contribution is 2.22. The predicted molar refractivity (Wildman–Crippen MR) is 52.4 cm³/mol. The van der Waals surface area contributed by atoms with Crippen LogP contribution in [0.1, 0.15) is 13.8 Å². The Morgan fingerprint density at radius 1 is 1.21 bits per heavy atom. The monoisotopic (exact) mass is 204 g/mol. The summed E-state index contributed by atoms with van der Waals surface area (Å²) in [5.74, 6) is 0. The number of rotatable bonds is 4. The van der Waals surface area contributed by atoms with E-state index >= 15 is 0 Å². The summed E-state index contributed by atoms with van der Waals surface area (Å²) in [5, 5.41) is 0. The lowest BCUT2D eigenvalue weighted by atomic mass is 10.0. The fraction of sp³-hybridized carbons (Fsp3) is 1.00. The molecule has 1 rings (SSSR count). The molecule has 4 nitrogen and oxygen atoms in total. The molecule has 0 aromatic rings. The van der Waals surface area contributed by atoms with Gasteiger partial charge < -0.3 is 18.9 Å². The highest BCUT2D eigenvalue weighted by molar-refractivity contribution is 4.87. The molecule has 0 aliphatic carbocycles. The maximum absolute atomic E-state index is 5.63. The zero-order valence-corrected chi connectivity index (χ0v) is 9.36. The van der Waals surface area contributed by atoms with Crippen molar-refractivity contribution in [3.05, 3.63) is 0 Å². The summed E-state index contributed by atoms with van der Waals surface area (Å²) >= 11 is 0. The van der Waals surface area contributed by atoms with Crippen LogP contribution in [0, 0.1) is 0 Å². The molecule has 0 aromatic heterocycles. The summed E-state index contributed by atoms with van der Waals surface area (Å²) in [6.07, 6.45) is -0.0496. The van der Waals surface area contributed by atoms with E-state index in [0.29, 0.717) is 13.2 Å². The third-order valence-electron chi connectivity index (χ3n) is 2.61. The van der Waals surface area contributed by atoms with Crippen molar-refractivity contribution in [1.82, 2.24) is 0 Å². The lowest BCUT2D eigenvalue weighted by molar-refractivity contribution is -0.212. The van der Waals surface area contributed by atoms with Gasteiger partial charge in [-0.1, -0.05) is 0 Å². The van der Waals surface area contributed by atoms with Crippen molar-refractivity contribution < 1.29 is 18.9 Å². The molecule has 14 heavy (non-hydrogen) atoms. The summed E-state index contributed by atoms with van der Waals surface area (Å²) in [6, 6.07) is 0. The normalized spacial score (nSPS) is 38.6. The standard InChI is InChI=1S/C10H20O4/c1-5-13-10-8(11-3)6-14-7(2)9(10)12-4/h7-10H,5-6H2,1-4H3/t7-,8+,9-,10+/m0/s1.